The van der Waals surface area contributed by atoms with E-state index >= 15 is 0 Å². The highest BCUT2D eigenvalue weighted by molar-refractivity contribution is 5.99. The van der Waals surface area contributed by atoms with Gasteiger partial charge in [-0.2, -0.15) is 5.10 Å². The van der Waals surface area contributed by atoms with Gasteiger partial charge in [0.2, 0.25) is 0 Å². The molecule has 0 bridgehead atoms. The Kier molecular flexibility index (Phi) is 3.94. The summed E-state index contributed by atoms with van der Waals surface area (Å²) in [7, 11) is 0. The second kappa shape index (κ2) is 6.95. The Morgan fingerprint density at radius 1 is 0.875 bits per heavy atom. The molecule has 154 valence electrons. The van der Waals surface area contributed by atoms with Gasteiger partial charge in [0.25, 0.3) is 0 Å². The van der Waals surface area contributed by atoms with E-state index < -0.39 is 5.82 Å². The number of H-pyrrole nitrogens is 2. The number of nitrogens with zero attached hydrogens (tertiary/aromatic N) is 5. The molecule has 0 radical (unpaired) electrons. The fraction of sp³-hybridized carbons (Fsp3) is 0. The molecule has 0 aliphatic heterocycles. The number of phenolic OH excluding ortho intramolecular Hbond substituents is 1. The molecule has 0 fully saturated rings. The average molecular weight is 423 g/mol. The van der Waals surface area contributed by atoms with Crippen LogP contribution in [0.2, 0.25) is 0 Å². The Morgan fingerprint density at radius 3 is 2.59 bits per heavy atom. The molecule has 9 heteroatoms. The highest BCUT2D eigenvalue weighted by atomic mass is 19.1. The molecule has 32 heavy (non-hydrogen) atoms. The van der Waals surface area contributed by atoms with E-state index in [9.17, 15) is 9.50 Å². The Labute approximate surface area is 179 Å². The summed E-state index contributed by atoms with van der Waals surface area (Å²) in [5.74, 6) is -0.691. The van der Waals surface area contributed by atoms with Gasteiger partial charge < -0.3 is 10.1 Å². The van der Waals surface area contributed by atoms with Crippen LogP contribution in [0.5, 0.6) is 5.75 Å². The van der Waals surface area contributed by atoms with Crippen molar-refractivity contribution in [2.24, 2.45) is 0 Å². The summed E-state index contributed by atoms with van der Waals surface area (Å²) in [5, 5.41) is 18.1. The Bertz CT molecular complexity index is 1590. The third-order valence-corrected chi connectivity index (χ3v) is 5.22. The number of pyridine rings is 2. The van der Waals surface area contributed by atoms with Gasteiger partial charge in [0.1, 0.15) is 29.1 Å². The second-order valence-corrected chi connectivity index (χ2v) is 7.29. The molecule has 0 unspecified atom stereocenters. The van der Waals surface area contributed by atoms with Crippen molar-refractivity contribution >= 4 is 21.9 Å². The van der Waals surface area contributed by atoms with Crippen LogP contribution in [0.1, 0.15) is 0 Å². The molecule has 0 aliphatic carbocycles. The molecule has 5 aromatic heterocycles. The fourth-order valence-corrected chi connectivity index (χ4v) is 3.80. The molecule has 0 aliphatic rings. The first-order chi connectivity index (χ1) is 15.7. The van der Waals surface area contributed by atoms with Crippen molar-refractivity contribution in [1.29, 1.82) is 0 Å². The number of phenols is 1. The van der Waals surface area contributed by atoms with Gasteiger partial charge in [0.15, 0.2) is 0 Å². The summed E-state index contributed by atoms with van der Waals surface area (Å²) < 4.78 is 13.9. The number of nitrogens with one attached hydrogen (secondary N) is 2. The van der Waals surface area contributed by atoms with Crippen LogP contribution >= 0.6 is 0 Å². The monoisotopic (exact) mass is 423 g/mol. The summed E-state index contributed by atoms with van der Waals surface area (Å²) >= 11 is 0. The largest absolute Gasteiger partial charge is 0.508 e. The van der Waals surface area contributed by atoms with Crippen molar-refractivity contribution < 1.29 is 9.50 Å². The molecule has 6 aromatic rings. The van der Waals surface area contributed by atoms with Gasteiger partial charge in [-0.25, -0.2) is 19.3 Å². The van der Waals surface area contributed by atoms with E-state index in [0.717, 1.165) is 39.4 Å². The van der Waals surface area contributed by atoms with Gasteiger partial charge in [-0.1, -0.05) is 0 Å². The first kappa shape index (κ1) is 18.1. The number of aromatic amines is 2. The molecule has 0 saturated heterocycles. The predicted octanol–water partition coefficient (Wildman–Crippen LogP) is 4.47. The normalized spacial score (nSPS) is 11.4. The lowest BCUT2D eigenvalue weighted by molar-refractivity contribution is 0.469. The third kappa shape index (κ3) is 2.95. The van der Waals surface area contributed by atoms with Crippen LogP contribution in [0.25, 0.3) is 55.8 Å². The topological polar surface area (TPSA) is 116 Å². The molecular formula is C23H14FN7O. The van der Waals surface area contributed by atoms with Crippen LogP contribution in [0.4, 0.5) is 4.39 Å². The van der Waals surface area contributed by atoms with Crippen LogP contribution in [-0.2, 0) is 0 Å². The fourth-order valence-electron chi connectivity index (χ4n) is 3.80. The van der Waals surface area contributed by atoms with E-state index in [2.05, 4.69) is 30.1 Å². The number of hydrogen-bond donors (Lipinski definition) is 3. The van der Waals surface area contributed by atoms with E-state index in [1.54, 1.807) is 18.6 Å². The SMILES string of the molecule is Oc1cc(F)cc(-c2nccc3[nH]c(-c4n[nH]c5ccc(-c6cncnc6)nc45)cc23)c1. The molecule has 5 heterocycles. The lowest BCUT2D eigenvalue weighted by Gasteiger charge is -2.03. The van der Waals surface area contributed by atoms with Crippen molar-refractivity contribution in [3.63, 3.8) is 0 Å². The maximum absolute atomic E-state index is 13.9. The number of aromatic hydroxyl groups is 1. The molecule has 3 N–H and O–H groups in total. The molecule has 0 amide bonds. The molecule has 0 saturated carbocycles. The Hall–Kier alpha value is -4.66. The maximum atomic E-state index is 13.9. The van der Waals surface area contributed by atoms with Crippen molar-refractivity contribution in [3.8, 4) is 39.7 Å². The number of rotatable bonds is 3. The number of benzene rings is 1. The predicted molar refractivity (Wildman–Crippen MR) is 117 cm³/mol. The summed E-state index contributed by atoms with van der Waals surface area (Å²) in [6.45, 7) is 0. The minimum Gasteiger partial charge on any atom is -0.508 e. The van der Waals surface area contributed by atoms with Gasteiger partial charge in [0.05, 0.1) is 22.6 Å². The Balaban J connectivity index is 1.52. The first-order valence-electron chi connectivity index (χ1n) is 9.74. The van der Waals surface area contributed by atoms with Crippen molar-refractivity contribution in [1.82, 2.24) is 35.1 Å². The van der Waals surface area contributed by atoms with Gasteiger partial charge in [-0.15, -0.1) is 0 Å². The summed E-state index contributed by atoms with van der Waals surface area (Å²) in [6.07, 6.45) is 6.51. The zero-order chi connectivity index (χ0) is 21.7. The van der Waals surface area contributed by atoms with E-state index in [1.165, 1.54) is 18.5 Å². The van der Waals surface area contributed by atoms with Crippen LogP contribution < -0.4 is 0 Å². The van der Waals surface area contributed by atoms with Crippen LogP contribution in [0.3, 0.4) is 0 Å². The lowest BCUT2D eigenvalue weighted by atomic mass is 10.1. The average Bonchev–Trinajstić information content (AvgIpc) is 3.42. The minimum atomic E-state index is -0.533. The maximum Gasteiger partial charge on any atom is 0.135 e. The van der Waals surface area contributed by atoms with E-state index in [-0.39, 0.29) is 5.75 Å². The zero-order valence-corrected chi connectivity index (χ0v) is 16.4. The van der Waals surface area contributed by atoms with Crippen molar-refractivity contribution in [3.05, 3.63) is 73.2 Å². The molecule has 0 spiro atoms. The number of hydrogen-bond acceptors (Lipinski definition) is 6. The summed E-state index contributed by atoms with van der Waals surface area (Å²) in [5.41, 5.74) is 6.22. The zero-order valence-electron chi connectivity index (χ0n) is 16.4. The summed E-state index contributed by atoms with van der Waals surface area (Å²) in [6, 6.07) is 11.4. The number of aromatic nitrogens is 7. The molecule has 6 rings (SSSR count). The van der Waals surface area contributed by atoms with Crippen LogP contribution in [0.15, 0.2) is 67.4 Å². The van der Waals surface area contributed by atoms with Gasteiger partial charge >= 0.3 is 0 Å². The van der Waals surface area contributed by atoms with Crippen LogP contribution in [0, 0.1) is 5.82 Å². The van der Waals surface area contributed by atoms with E-state index in [1.807, 2.05) is 24.3 Å². The van der Waals surface area contributed by atoms with Crippen molar-refractivity contribution in [2.45, 2.75) is 0 Å². The number of halogens is 1. The summed E-state index contributed by atoms with van der Waals surface area (Å²) in [4.78, 5) is 20.6. The van der Waals surface area contributed by atoms with Crippen molar-refractivity contribution in [2.75, 3.05) is 0 Å². The van der Waals surface area contributed by atoms with Gasteiger partial charge in [0, 0.05) is 46.7 Å². The highest BCUT2D eigenvalue weighted by Gasteiger charge is 2.16. The first-order valence-corrected chi connectivity index (χ1v) is 9.74. The molecular weight excluding hydrogens is 409 g/mol. The van der Waals surface area contributed by atoms with E-state index in [4.69, 9.17) is 4.98 Å². The third-order valence-electron chi connectivity index (χ3n) is 5.22. The van der Waals surface area contributed by atoms with Crippen LogP contribution in [-0.4, -0.2) is 40.2 Å². The molecule has 8 nitrogen and oxygen atoms in total. The standard InChI is InChI=1S/C23H14FN7O/c24-14-5-12(6-15(32)7-14)21-16-8-20(28-18(16)3-4-27-21)23-22-19(30-31-23)2-1-17(29-22)13-9-25-11-26-10-13/h1-11,28,32H,(H,30,31). The smallest absolute Gasteiger partial charge is 0.135 e. The van der Waals surface area contributed by atoms with E-state index in [0.29, 0.717) is 22.5 Å². The molecule has 1 aromatic carbocycles. The number of fused-ring (bicyclic) bond motifs is 2. The second-order valence-electron chi connectivity index (χ2n) is 7.29. The Morgan fingerprint density at radius 2 is 1.75 bits per heavy atom. The van der Waals surface area contributed by atoms with Gasteiger partial charge in [-0.05, 0) is 36.4 Å². The van der Waals surface area contributed by atoms with Gasteiger partial charge in [-0.3, -0.25) is 10.1 Å². The minimum absolute atomic E-state index is 0.158. The lowest BCUT2D eigenvalue weighted by Crippen LogP contribution is -1.87. The molecule has 0 atom stereocenters. The highest BCUT2D eigenvalue weighted by Crippen LogP contribution is 2.34. The quantitative estimate of drug-likeness (QED) is 0.387.